The second kappa shape index (κ2) is 8.84. The minimum Gasteiger partial charge on any atom is -0.389 e. The summed E-state index contributed by atoms with van der Waals surface area (Å²) in [4.78, 5) is 2.17. The molecule has 6 heteroatoms. The van der Waals surface area contributed by atoms with E-state index < -0.39 is 6.10 Å². The Bertz CT molecular complexity index is 241. The van der Waals surface area contributed by atoms with Crippen molar-refractivity contribution in [1.29, 1.82) is 0 Å². The number of ether oxygens (including phenoxy) is 3. The normalized spacial score (nSPS) is 26.1. The van der Waals surface area contributed by atoms with Crippen LogP contribution in [0.1, 0.15) is 13.8 Å². The number of nitrogens with two attached hydrogens (primary N) is 1. The maximum absolute atomic E-state index is 9.96. The Labute approximate surface area is 115 Å². The summed E-state index contributed by atoms with van der Waals surface area (Å²) in [5.41, 5.74) is 5.84. The van der Waals surface area contributed by atoms with Crippen molar-refractivity contribution in [2.24, 2.45) is 5.73 Å². The quantitative estimate of drug-likeness (QED) is 0.619. The summed E-state index contributed by atoms with van der Waals surface area (Å²) in [6.45, 7) is 7.58. The van der Waals surface area contributed by atoms with Gasteiger partial charge in [-0.25, -0.2) is 0 Å². The molecule has 0 aliphatic carbocycles. The van der Waals surface area contributed by atoms with E-state index in [0.717, 1.165) is 13.1 Å². The summed E-state index contributed by atoms with van der Waals surface area (Å²) in [6, 6.07) is 0.0120. The first kappa shape index (κ1) is 16.8. The summed E-state index contributed by atoms with van der Waals surface area (Å²) in [5, 5.41) is 9.96. The van der Waals surface area contributed by atoms with E-state index in [9.17, 15) is 5.11 Å². The van der Waals surface area contributed by atoms with Crippen LogP contribution < -0.4 is 5.73 Å². The van der Waals surface area contributed by atoms with Crippen LogP contribution in [0.15, 0.2) is 0 Å². The van der Waals surface area contributed by atoms with E-state index >= 15 is 0 Å². The lowest BCUT2D eigenvalue weighted by atomic mass is 10.1. The molecule has 0 amide bonds. The lowest BCUT2D eigenvalue weighted by Gasteiger charge is -2.35. The standard InChI is InChI=1S/C13H28N2O4/c1-10(8-17-3)19-9-12(16)6-15-4-5-18-13(7-15)11(2)14/h10-13,16H,4-9,14H2,1-3H3. The topological polar surface area (TPSA) is 77.2 Å². The second-order valence-corrected chi connectivity index (χ2v) is 5.28. The summed E-state index contributed by atoms with van der Waals surface area (Å²) < 4.78 is 16.1. The third-order valence-corrected chi connectivity index (χ3v) is 3.21. The SMILES string of the molecule is COCC(C)OCC(O)CN1CCOC(C(C)N)C1. The Balaban J connectivity index is 2.22. The van der Waals surface area contributed by atoms with Gasteiger partial charge in [0.2, 0.25) is 0 Å². The van der Waals surface area contributed by atoms with E-state index in [-0.39, 0.29) is 18.2 Å². The molecule has 1 saturated heterocycles. The first-order chi connectivity index (χ1) is 9.02. The van der Waals surface area contributed by atoms with Gasteiger partial charge in [-0.3, -0.25) is 4.90 Å². The summed E-state index contributed by atoms with van der Waals surface area (Å²) >= 11 is 0. The number of methoxy groups -OCH3 is 1. The lowest BCUT2D eigenvalue weighted by Crippen LogP contribution is -2.51. The number of β-amino-alcohol motifs (C(OH)–C–C–N with tert-alkyl or cyclic N) is 1. The fourth-order valence-corrected chi connectivity index (χ4v) is 2.12. The van der Waals surface area contributed by atoms with E-state index in [1.807, 2.05) is 13.8 Å². The molecule has 0 saturated carbocycles. The molecule has 1 aliphatic rings. The molecule has 1 rings (SSSR count). The molecule has 19 heavy (non-hydrogen) atoms. The first-order valence-electron chi connectivity index (χ1n) is 6.91. The molecule has 1 aliphatic heterocycles. The van der Waals surface area contributed by atoms with E-state index in [2.05, 4.69) is 4.90 Å². The van der Waals surface area contributed by atoms with E-state index in [1.165, 1.54) is 0 Å². The average molecular weight is 276 g/mol. The Hall–Kier alpha value is -0.240. The molecule has 114 valence electrons. The average Bonchev–Trinajstić information content (AvgIpc) is 2.37. The molecule has 0 aromatic rings. The smallest absolute Gasteiger partial charge is 0.0900 e. The van der Waals surface area contributed by atoms with Gasteiger partial charge >= 0.3 is 0 Å². The molecule has 0 radical (unpaired) electrons. The zero-order chi connectivity index (χ0) is 14.3. The minimum absolute atomic E-state index is 0.00107. The van der Waals surface area contributed by atoms with Crippen LogP contribution in [0.3, 0.4) is 0 Å². The second-order valence-electron chi connectivity index (χ2n) is 5.28. The summed E-state index contributed by atoms with van der Waals surface area (Å²) in [7, 11) is 1.64. The van der Waals surface area contributed by atoms with Gasteiger partial charge in [0.1, 0.15) is 0 Å². The van der Waals surface area contributed by atoms with E-state index in [0.29, 0.717) is 26.4 Å². The fourth-order valence-electron chi connectivity index (χ4n) is 2.12. The van der Waals surface area contributed by atoms with Gasteiger partial charge in [0.15, 0.2) is 0 Å². The van der Waals surface area contributed by atoms with Crippen LogP contribution in [0.4, 0.5) is 0 Å². The van der Waals surface area contributed by atoms with Crippen molar-refractivity contribution in [1.82, 2.24) is 4.90 Å². The van der Waals surface area contributed by atoms with Crippen LogP contribution in [0.5, 0.6) is 0 Å². The Morgan fingerprint density at radius 1 is 1.42 bits per heavy atom. The van der Waals surface area contributed by atoms with Crippen molar-refractivity contribution in [3.8, 4) is 0 Å². The number of nitrogens with zero attached hydrogens (tertiary/aromatic N) is 1. The van der Waals surface area contributed by atoms with Crippen molar-refractivity contribution in [3.63, 3.8) is 0 Å². The van der Waals surface area contributed by atoms with Crippen LogP contribution in [0, 0.1) is 0 Å². The highest BCUT2D eigenvalue weighted by atomic mass is 16.5. The van der Waals surface area contributed by atoms with Gasteiger partial charge in [0, 0.05) is 32.8 Å². The number of hydrogen-bond acceptors (Lipinski definition) is 6. The number of aliphatic hydroxyl groups is 1. The van der Waals surface area contributed by atoms with E-state index in [4.69, 9.17) is 19.9 Å². The maximum atomic E-state index is 9.96. The van der Waals surface area contributed by atoms with Crippen LogP contribution in [-0.2, 0) is 14.2 Å². The molecule has 3 N–H and O–H groups in total. The van der Waals surface area contributed by atoms with Crippen molar-refractivity contribution < 1.29 is 19.3 Å². The molecular weight excluding hydrogens is 248 g/mol. The maximum Gasteiger partial charge on any atom is 0.0900 e. The first-order valence-corrected chi connectivity index (χ1v) is 6.91. The third kappa shape index (κ3) is 6.65. The monoisotopic (exact) mass is 276 g/mol. The molecule has 0 aromatic carbocycles. The van der Waals surface area contributed by atoms with Crippen molar-refractivity contribution in [2.75, 3.05) is 46.6 Å². The molecule has 1 fully saturated rings. The molecule has 6 nitrogen and oxygen atoms in total. The largest absolute Gasteiger partial charge is 0.389 e. The highest BCUT2D eigenvalue weighted by Gasteiger charge is 2.24. The third-order valence-electron chi connectivity index (χ3n) is 3.21. The van der Waals surface area contributed by atoms with Gasteiger partial charge < -0.3 is 25.1 Å². The van der Waals surface area contributed by atoms with Crippen molar-refractivity contribution in [2.45, 2.75) is 38.2 Å². The Morgan fingerprint density at radius 3 is 2.79 bits per heavy atom. The highest BCUT2D eigenvalue weighted by molar-refractivity contribution is 4.79. The highest BCUT2D eigenvalue weighted by Crippen LogP contribution is 2.08. The lowest BCUT2D eigenvalue weighted by molar-refractivity contribution is -0.0691. The fraction of sp³-hybridized carbons (Fsp3) is 1.00. The van der Waals surface area contributed by atoms with Crippen LogP contribution in [-0.4, -0.2) is 80.9 Å². The molecule has 4 atom stereocenters. The van der Waals surface area contributed by atoms with Crippen LogP contribution >= 0.6 is 0 Å². The van der Waals surface area contributed by atoms with Crippen LogP contribution in [0.25, 0.3) is 0 Å². The molecule has 0 aromatic heterocycles. The zero-order valence-electron chi connectivity index (χ0n) is 12.2. The van der Waals surface area contributed by atoms with Crippen molar-refractivity contribution >= 4 is 0 Å². The van der Waals surface area contributed by atoms with Gasteiger partial charge in [-0.2, -0.15) is 0 Å². The zero-order valence-corrected chi connectivity index (χ0v) is 12.2. The van der Waals surface area contributed by atoms with Crippen LogP contribution in [0.2, 0.25) is 0 Å². The summed E-state index contributed by atoms with van der Waals surface area (Å²) in [5.74, 6) is 0. The van der Waals surface area contributed by atoms with Crippen molar-refractivity contribution in [3.05, 3.63) is 0 Å². The Kier molecular flexibility index (Phi) is 7.82. The molecule has 1 heterocycles. The number of aliphatic hydroxyl groups excluding tert-OH is 1. The number of hydrogen-bond donors (Lipinski definition) is 2. The van der Waals surface area contributed by atoms with E-state index in [1.54, 1.807) is 7.11 Å². The molecular formula is C13H28N2O4. The van der Waals surface area contributed by atoms with Gasteiger partial charge in [0.25, 0.3) is 0 Å². The number of morpholine rings is 1. The Morgan fingerprint density at radius 2 is 2.16 bits per heavy atom. The van der Waals surface area contributed by atoms with Gasteiger partial charge in [-0.05, 0) is 13.8 Å². The van der Waals surface area contributed by atoms with Gasteiger partial charge in [0.05, 0.1) is 38.1 Å². The summed E-state index contributed by atoms with van der Waals surface area (Å²) in [6.07, 6.45) is -0.443. The predicted molar refractivity (Wildman–Crippen MR) is 73.1 cm³/mol. The number of rotatable bonds is 8. The molecule has 0 spiro atoms. The molecule has 4 unspecified atom stereocenters. The minimum atomic E-state index is -0.494. The van der Waals surface area contributed by atoms with Gasteiger partial charge in [-0.15, -0.1) is 0 Å². The van der Waals surface area contributed by atoms with Gasteiger partial charge in [-0.1, -0.05) is 0 Å². The molecule has 0 bridgehead atoms. The predicted octanol–water partition coefficient (Wildman–Crippen LogP) is -0.553.